The first kappa shape index (κ1) is 13.8. The van der Waals surface area contributed by atoms with Gasteiger partial charge in [0.25, 0.3) is 5.91 Å². The summed E-state index contributed by atoms with van der Waals surface area (Å²) < 4.78 is 0. The average molecular weight is 262 g/mol. The fraction of sp³-hybridized carbons (Fsp3) is 0.643. The zero-order chi connectivity index (χ0) is 13.7. The minimum Gasteiger partial charge on any atom is -0.369 e. The van der Waals surface area contributed by atoms with Crippen molar-refractivity contribution in [1.82, 2.24) is 14.9 Å². The van der Waals surface area contributed by atoms with Crippen LogP contribution < -0.4 is 5.32 Å². The number of aromatic nitrogens is 2. The van der Waals surface area contributed by atoms with Crippen molar-refractivity contribution in [2.45, 2.75) is 45.6 Å². The van der Waals surface area contributed by atoms with Gasteiger partial charge in [0.2, 0.25) is 0 Å². The van der Waals surface area contributed by atoms with Gasteiger partial charge in [0.1, 0.15) is 11.5 Å². The quantitative estimate of drug-likeness (QED) is 0.908. The van der Waals surface area contributed by atoms with Gasteiger partial charge in [-0.05, 0) is 26.7 Å². The van der Waals surface area contributed by atoms with Crippen LogP contribution in [0.2, 0.25) is 0 Å². The Bertz CT molecular complexity index is 418. The van der Waals surface area contributed by atoms with Gasteiger partial charge in [-0.3, -0.25) is 4.79 Å². The van der Waals surface area contributed by atoms with Crippen LogP contribution in [0.1, 0.15) is 50.0 Å². The maximum Gasteiger partial charge on any atom is 0.274 e. The molecule has 0 bridgehead atoms. The number of carbonyl (C=O) groups is 1. The zero-order valence-corrected chi connectivity index (χ0v) is 11.7. The molecule has 5 nitrogen and oxygen atoms in total. The minimum atomic E-state index is 0.00458. The standard InChI is InChI=1S/C14H22N4O/c1-3-15-13-10-16-12(9-17-13)14(19)18-8-6-4-5-7-11(18)2/h9-11H,3-8H2,1-2H3,(H,15,17). The fourth-order valence-electron chi connectivity index (χ4n) is 2.43. The zero-order valence-electron chi connectivity index (χ0n) is 11.7. The minimum absolute atomic E-state index is 0.00458. The summed E-state index contributed by atoms with van der Waals surface area (Å²) in [5, 5.41) is 3.07. The molecule has 1 atom stereocenters. The van der Waals surface area contributed by atoms with Crippen molar-refractivity contribution in [2.75, 3.05) is 18.4 Å². The van der Waals surface area contributed by atoms with E-state index in [1.807, 2.05) is 11.8 Å². The maximum absolute atomic E-state index is 12.4. The lowest BCUT2D eigenvalue weighted by Gasteiger charge is -2.26. The fourth-order valence-corrected chi connectivity index (χ4v) is 2.43. The van der Waals surface area contributed by atoms with Crippen LogP contribution in [0.3, 0.4) is 0 Å². The Labute approximate surface area is 114 Å². The van der Waals surface area contributed by atoms with E-state index in [4.69, 9.17) is 0 Å². The van der Waals surface area contributed by atoms with E-state index in [2.05, 4.69) is 22.2 Å². The monoisotopic (exact) mass is 262 g/mol. The number of nitrogens with zero attached hydrogens (tertiary/aromatic N) is 3. The molecule has 1 fully saturated rings. The molecule has 1 aliphatic heterocycles. The molecule has 1 unspecified atom stereocenters. The number of anilines is 1. The van der Waals surface area contributed by atoms with Crippen molar-refractivity contribution in [3.8, 4) is 0 Å². The molecule has 1 N–H and O–H groups in total. The summed E-state index contributed by atoms with van der Waals surface area (Å²) in [7, 11) is 0. The molecule has 5 heteroatoms. The van der Waals surface area contributed by atoms with Crippen LogP contribution in [0.25, 0.3) is 0 Å². The van der Waals surface area contributed by atoms with E-state index < -0.39 is 0 Å². The molecule has 1 saturated heterocycles. The molecule has 0 spiro atoms. The van der Waals surface area contributed by atoms with Crippen LogP contribution in [0.15, 0.2) is 12.4 Å². The SMILES string of the molecule is CCNc1cnc(C(=O)N2CCCCCC2C)cn1. The summed E-state index contributed by atoms with van der Waals surface area (Å²) in [6.07, 6.45) is 7.76. The lowest BCUT2D eigenvalue weighted by Crippen LogP contribution is -2.38. The number of nitrogens with one attached hydrogen (secondary N) is 1. The van der Waals surface area contributed by atoms with Gasteiger partial charge in [0, 0.05) is 19.1 Å². The molecule has 2 rings (SSSR count). The Balaban J connectivity index is 2.09. The van der Waals surface area contributed by atoms with Crippen molar-refractivity contribution in [1.29, 1.82) is 0 Å². The number of carbonyl (C=O) groups excluding carboxylic acids is 1. The Morgan fingerprint density at radius 3 is 2.89 bits per heavy atom. The molecule has 1 aromatic heterocycles. The first-order valence-corrected chi connectivity index (χ1v) is 7.09. The van der Waals surface area contributed by atoms with Crippen LogP contribution in [0.5, 0.6) is 0 Å². The molecular formula is C14H22N4O. The van der Waals surface area contributed by atoms with E-state index in [1.165, 1.54) is 12.8 Å². The van der Waals surface area contributed by atoms with Crippen LogP contribution in [-0.2, 0) is 0 Å². The summed E-state index contributed by atoms with van der Waals surface area (Å²) in [5.41, 5.74) is 0.440. The van der Waals surface area contributed by atoms with Crippen molar-refractivity contribution < 1.29 is 4.79 Å². The maximum atomic E-state index is 12.4. The third kappa shape index (κ3) is 3.43. The Hall–Kier alpha value is -1.65. The molecule has 1 aromatic rings. The number of rotatable bonds is 3. The van der Waals surface area contributed by atoms with Crippen LogP contribution in [0.4, 0.5) is 5.82 Å². The molecule has 0 saturated carbocycles. The van der Waals surface area contributed by atoms with Gasteiger partial charge in [-0.1, -0.05) is 12.8 Å². The predicted octanol–water partition coefficient (Wildman–Crippen LogP) is 2.31. The average Bonchev–Trinajstić information content (AvgIpc) is 2.64. The van der Waals surface area contributed by atoms with Gasteiger partial charge in [0.15, 0.2) is 0 Å². The third-order valence-corrected chi connectivity index (χ3v) is 3.54. The first-order valence-electron chi connectivity index (χ1n) is 7.09. The summed E-state index contributed by atoms with van der Waals surface area (Å²) in [5.74, 6) is 0.716. The molecule has 104 valence electrons. The number of hydrogen-bond donors (Lipinski definition) is 1. The highest BCUT2D eigenvalue weighted by Gasteiger charge is 2.24. The second kappa shape index (κ2) is 6.50. The highest BCUT2D eigenvalue weighted by Crippen LogP contribution is 2.18. The lowest BCUT2D eigenvalue weighted by atomic mass is 10.1. The molecule has 1 amide bonds. The van der Waals surface area contributed by atoms with Gasteiger partial charge < -0.3 is 10.2 Å². The first-order chi connectivity index (χ1) is 9.22. The lowest BCUT2D eigenvalue weighted by molar-refractivity contribution is 0.0691. The largest absolute Gasteiger partial charge is 0.369 e. The molecule has 19 heavy (non-hydrogen) atoms. The number of hydrogen-bond acceptors (Lipinski definition) is 4. The van der Waals surface area contributed by atoms with E-state index >= 15 is 0 Å². The summed E-state index contributed by atoms with van der Waals surface area (Å²) in [6, 6.07) is 0.297. The summed E-state index contributed by atoms with van der Waals surface area (Å²) in [4.78, 5) is 22.8. The molecule has 0 radical (unpaired) electrons. The second-order valence-corrected chi connectivity index (χ2v) is 5.01. The molecule has 1 aliphatic rings. The van der Waals surface area contributed by atoms with E-state index in [1.54, 1.807) is 12.4 Å². The molecule has 0 aliphatic carbocycles. The summed E-state index contributed by atoms with van der Waals surface area (Å²) >= 11 is 0. The van der Waals surface area contributed by atoms with Crippen molar-refractivity contribution >= 4 is 11.7 Å². The van der Waals surface area contributed by atoms with Gasteiger partial charge in [-0.15, -0.1) is 0 Å². The van der Waals surface area contributed by atoms with Crippen LogP contribution in [-0.4, -0.2) is 39.9 Å². The highest BCUT2D eigenvalue weighted by atomic mass is 16.2. The van der Waals surface area contributed by atoms with Gasteiger partial charge >= 0.3 is 0 Å². The smallest absolute Gasteiger partial charge is 0.274 e. The predicted molar refractivity (Wildman–Crippen MR) is 75.2 cm³/mol. The van der Waals surface area contributed by atoms with Gasteiger partial charge in [0.05, 0.1) is 12.4 Å². The van der Waals surface area contributed by atoms with Crippen LogP contribution in [0, 0.1) is 0 Å². The van der Waals surface area contributed by atoms with Gasteiger partial charge in [-0.25, -0.2) is 9.97 Å². The Morgan fingerprint density at radius 1 is 1.37 bits per heavy atom. The Morgan fingerprint density at radius 2 is 2.21 bits per heavy atom. The van der Waals surface area contributed by atoms with Crippen molar-refractivity contribution in [3.63, 3.8) is 0 Å². The normalized spacial score (nSPS) is 19.9. The van der Waals surface area contributed by atoms with E-state index in [0.717, 1.165) is 25.9 Å². The second-order valence-electron chi connectivity index (χ2n) is 5.01. The van der Waals surface area contributed by atoms with Gasteiger partial charge in [-0.2, -0.15) is 0 Å². The third-order valence-electron chi connectivity index (χ3n) is 3.54. The number of amides is 1. The van der Waals surface area contributed by atoms with E-state index in [9.17, 15) is 4.79 Å². The summed E-state index contributed by atoms with van der Waals surface area (Å²) in [6.45, 7) is 5.74. The van der Waals surface area contributed by atoms with Crippen LogP contribution >= 0.6 is 0 Å². The van der Waals surface area contributed by atoms with Crippen molar-refractivity contribution in [2.24, 2.45) is 0 Å². The molecular weight excluding hydrogens is 240 g/mol. The Kier molecular flexibility index (Phi) is 4.71. The van der Waals surface area contributed by atoms with E-state index in [0.29, 0.717) is 17.6 Å². The highest BCUT2D eigenvalue weighted by molar-refractivity contribution is 5.92. The van der Waals surface area contributed by atoms with Crippen molar-refractivity contribution in [3.05, 3.63) is 18.1 Å². The molecule has 0 aromatic carbocycles. The van der Waals surface area contributed by atoms with E-state index in [-0.39, 0.29) is 5.91 Å². The topological polar surface area (TPSA) is 58.1 Å². The number of likely N-dealkylation sites (tertiary alicyclic amines) is 1. The molecule has 2 heterocycles.